The van der Waals surface area contributed by atoms with Gasteiger partial charge in [0.2, 0.25) is 0 Å². The maximum atomic E-state index is 11.6. The summed E-state index contributed by atoms with van der Waals surface area (Å²) >= 11 is 0. The lowest BCUT2D eigenvalue weighted by Gasteiger charge is -2.24. The molecule has 0 fully saturated rings. The zero-order valence-corrected chi connectivity index (χ0v) is 10.6. The molecule has 0 aliphatic carbocycles. The molecule has 1 atom stereocenters. The lowest BCUT2D eigenvalue weighted by molar-refractivity contribution is -0.143. The highest BCUT2D eigenvalue weighted by Crippen LogP contribution is 2.08. The molecule has 3 N–H and O–H groups in total. The van der Waals surface area contributed by atoms with Gasteiger partial charge in [-0.15, -0.1) is 0 Å². The van der Waals surface area contributed by atoms with Gasteiger partial charge in [0.15, 0.2) is 5.82 Å². The molecule has 18 heavy (non-hydrogen) atoms. The third-order valence-electron chi connectivity index (χ3n) is 2.62. The molecule has 8 heteroatoms. The Kier molecular flexibility index (Phi) is 4.24. The minimum Gasteiger partial charge on any atom is -0.480 e. The molecule has 0 aliphatic heterocycles. The van der Waals surface area contributed by atoms with Crippen LogP contribution in [0.5, 0.6) is 0 Å². The second kappa shape index (κ2) is 5.48. The summed E-state index contributed by atoms with van der Waals surface area (Å²) in [5, 5.41) is 17.9. The van der Waals surface area contributed by atoms with E-state index in [1.807, 2.05) is 0 Å². The second-order valence-electron chi connectivity index (χ2n) is 4.13. The van der Waals surface area contributed by atoms with Gasteiger partial charge in [0, 0.05) is 7.05 Å². The molecular weight excluding hydrogens is 238 g/mol. The molecule has 1 unspecified atom stereocenters. The molecule has 0 radical (unpaired) electrons. The monoisotopic (exact) mass is 255 g/mol. The SMILES string of the molecule is CCC(C)(NC(=O)NCc1ncn(C)n1)C(=O)O. The Morgan fingerprint density at radius 1 is 1.56 bits per heavy atom. The summed E-state index contributed by atoms with van der Waals surface area (Å²) in [5.41, 5.74) is -1.28. The number of aromatic nitrogens is 3. The van der Waals surface area contributed by atoms with E-state index in [-0.39, 0.29) is 13.0 Å². The molecule has 0 bridgehead atoms. The molecule has 0 aromatic carbocycles. The molecule has 0 saturated heterocycles. The van der Waals surface area contributed by atoms with Crippen LogP contribution in [0, 0.1) is 0 Å². The van der Waals surface area contributed by atoms with Crippen LogP contribution in [-0.2, 0) is 18.4 Å². The van der Waals surface area contributed by atoms with Gasteiger partial charge >= 0.3 is 12.0 Å². The van der Waals surface area contributed by atoms with E-state index in [1.165, 1.54) is 17.9 Å². The molecule has 2 amide bonds. The van der Waals surface area contributed by atoms with Crippen LogP contribution in [0.4, 0.5) is 4.79 Å². The molecule has 1 rings (SSSR count). The number of carboxylic acids is 1. The molecule has 1 aromatic rings. The molecule has 0 aliphatic rings. The van der Waals surface area contributed by atoms with Gasteiger partial charge in [0.05, 0.1) is 6.54 Å². The van der Waals surface area contributed by atoms with Crippen LogP contribution in [-0.4, -0.2) is 37.4 Å². The predicted molar refractivity (Wildman–Crippen MR) is 62.7 cm³/mol. The van der Waals surface area contributed by atoms with Crippen LogP contribution in [0.2, 0.25) is 0 Å². The fraction of sp³-hybridized carbons (Fsp3) is 0.600. The average molecular weight is 255 g/mol. The number of hydrogen-bond donors (Lipinski definition) is 3. The van der Waals surface area contributed by atoms with Crippen molar-refractivity contribution in [3.8, 4) is 0 Å². The highest BCUT2D eigenvalue weighted by molar-refractivity contribution is 5.85. The van der Waals surface area contributed by atoms with Gasteiger partial charge in [-0.3, -0.25) is 4.68 Å². The Morgan fingerprint density at radius 2 is 2.22 bits per heavy atom. The number of aliphatic carboxylic acids is 1. The summed E-state index contributed by atoms with van der Waals surface area (Å²) in [4.78, 5) is 26.5. The van der Waals surface area contributed by atoms with Crippen molar-refractivity contribution >= 4 is 12.0 Å². The largest absolute Gasteiger partial charge is 0.480 e. The van der Waals surface area contributed by atoms with Crippen molar-refractivity contribution < 1.29 is 14.7 Å². The number of carbonyl (C=O) groups excluding carboxylic acids is 1. The van der Waals surface area contributed by atoms with Crippen molar-refractivity contribution in [1.82, 2.24) is 25.4 Å². The standard InChI is InChI=1S/C10H17N5O3/c1-4-10(2,8(16)17)13-9(18)11-5-7-12-6-15(3)14-7/h6H,4-5H2,1-3H3,(H,16,17)(H2,11,13,18). The number of nitrogens with one attached hydrogen (secondary N) is 2. The Labute approximate surface area is 104 Å². The Balaban J connectivity index is 2.49. The van der Waals surface area contributed by atoms with E-state index >= 15 is 0 Å². The molecule has 8 nitrogen and oxygen atoms in total. The maximum Gasteiger partial charge on any atom is 0.329 e. The lowest BCUT2D eigenvalue weighted by atomic mass is 10.00. The minimum absolute atomic E-state index is 0.145. The normalized spacial score (nSPS) is 13.7. The second-order valence-corrected chi connectivity index (χ2v) is 4.13. The van der Waals surface area contributed by atoms with Crippen molar-refractivity contribution in [3.63, 3.8) is 0 Å². The third-order valence-corrected chi connectivity index (χ3v) is 2.62. The first-order valence-electron chi connectivity index (χ1n) is 5.51. The maximum absolute atomic E-state index is 11.6. The van der Waals surface area contributed by atoms with Crippen LogP contribution in [0.1, 0.15) is 26.1 Å². The minimum atomic E-state index is -1.28. The first-order valence-corrected chi connectivity index (χ1v) is 5.51. The summed E-state index contributed by atoms with van der Waals surface area (Å²) in [6.07, 6.45) is 1.81. The van der Waals surface area contributed by atoms with E-state index in [1.54, 1.807) is 14.0 Å². The number of rotatable bonds is 5. The summed E-state index contributed by atoms with van der Waals surface area (Å²) in [5.74, 6) is -0.614. The van der Waals surface area contributed by atoms with E-state index in [2.05, 4.69) is 20.7 Å². The number of carboxylic acid groups (broad SMARTS) is 1. The number of urea groups is 1. The van der Waals surface area contributed by atoms with Crippen LogP contribution < -0.4 is 10.6 Å². The van der Waals surface area contributed by atoms with Gasteiger partial charge in [-0.2, -0.15) is 5.10 Å². The van der Waals surface area contributed by atoms with Gasteiger partial charge in [0.1, 0.15) is 11.9 Å². The number of aryl methyl sites for hydroxylation is 1. The van der Waals surface area contributed by atoms with Gasteiger partial charge in [-0.25, -0.2) is 14.6 Å². The Hall–Kier alpha value is -2.12. The molecule has 0 spiro atoms. The van der Waals surface area contributed by atoms with Crippen LogP contribution in [0.15, 0.2) is 6.33 Å². The van der Waals surface area contributed by atoms with Crippen molar-refractivity contribution in [3.05, 3.63) is 12.2 Å². The van der Waals surface area contributed by atoms with E-state index < -0.39 is 17.5 Å². The zero-order chi connectivity index (χ0) is 13.8. The zero-order valence-electron chi connectivity index (χ0n) is 10.6. The average Bonchev–Trinajstić information content (AvgIpc) is 2.72. The predicted octanol–water partition coefficient (Wildman–Crippen LogP) is -0.132. The molecule has 1 aromatic heterocycles. The fourth-order valence-corrected chi connectivity index (χ4v) is 1.21. The number of nitrogens with zero attached hydrogens (tertiary/aromatic N) is 3. The molecule has 1 heterocycles. The summed E-state index contributed by atoms with van der Waals surface area (Å²) in [7, 11) is 1.72. The van der Waals surface area contributed by atoms with E-state index in [9.17, 15) is 9.59 Å². The van der Waals surface area contributed by atoms with Gasteiger partial charge < -0.3 is 15.7 Å². The van der Waals surface area contributed by atoms with Crippen molar-refractivity contribution in [2.75, 3.05) is 0 Å². The summed E-state index contributed by atoms with van der Waals surface area (Å²) in [6, 6.07) is -0.561. The van der Waals surface area contributed by atoms with Crippen LogP contribution in [0.3, 0.4) is 0 Å². The smallest absolute Gasteiger partial charge is 0.329 e. The Morgan fingerprint density at radius 3 is 2.67 bits per heavy atom. The number of amides is 2. The lowest BCUT2D eigenvalue weighted by Crippen LogP contribution is -2.54. The third kappa shape index (κ3) is 3.44. The van der Waals surface area contributed by atoms with Crippen molar-refractivity contribution in [2.45, 2.75) is 32.4 Å². The van der Waals surface area contributed by atoms with Gasteiger partial charge in [-0.1, -0.05) is 6.92 Å². The molecule has 100 valence electrons. The molecular formula is C10H17N5O3. The first kappa shape index (κ1) is 13.9. The highest BCUT2D eigenvalue weighted by Gasteiger charge is 2.32. The number of hydrogen-bond acceptors (Lipinski definition) is 4. The topological polar surface area (TPSA) is 109 Å². The van der Waals surface area contributed by atoms with E-state index in [4.69, 9.17) is 5.11 Å². The quantitative estimate of drug-likeness (QED) is 0.679. The van der Waals surface area contributed by atoms with Crippen LogP contribution >= 0.6 is 0 Å². The van der Waals surface area contributed by atoms with Gasteiger partial charge in [-0.05, 0) is 13.3 Å². The molecule has 0 saturated carbocycles. The van der Waals surface area contributed by atoms with Crippen molar-refractivity contribution in [1.29, 1.82) is 0 Å². The van der Waals surface area contributed by atoms with Crippen molar-refractivity contribution in [2.24, 2.45) is 7.05 Å². The summed E-state index contributed by atoms with van der Waals surface area (Å²) < 4.78 is 1.52. The first-order chi connectivity index (χ1) is 8.37. The van der Waals surface area contributed by atoms with E-state index in [0.717, 1.165) is 0 Å². The number of carbonyl (C=O) groups is 2. The summed E-state index contributed by atoms with van der Waals surface area (Å²) in [6.45, 7) is 3.29. The fourth-order valence-electron chi connectivity index (χ4n) is 1.21. The van der Waals surface area contributed by atoms with Gasteiger partial charge in [0.25, 0.3) is 0 Å². The van der Waals surface area contributed by atoms with E-state index in [0.29, 0.717) is 5.82 Å². The highest BCUT2D eigenvalue weighted by atomic mass is 16.4. The Bertz CT molecular complexity index is 444. The van der Waals surface area contributed by atoms with Crippen LogP contribution in [0.25, 0.3) is 0 Å².